The van der Waals surface area contributed by atoms with E-state index in [9.17, 15) is 9.59 Å². The van der Waals surface area contributed by atoms with E-state index in [-0.39, 0.29) is 30.4 Å². The van der Waals surface area contributed by atoms with E-state index in [0.29, 0.717) is 24.5 Å². The van der Waals surface area contributed by atoms with Gasteiger partial charge in [0.2, 0.25) is 5.91 Å². The molecule has 1 N–H and O–H groups in total. The summed E-state index contributed by atoms with van der Waals surface area (Å²) < 4.78 is 5.61. The van der Waals surface area contributed by atoms with Gasteiger partial charge in [-0.15, -0.1) is 0 Å². The highest BCUT2D eigenvalue weighted by molar-refractivity contribution is 6.02. The molecule has 6 nitrogen and oxygen atoms in total. The monoisotopic (exact) mass is 422 g/mol. The van der Waals surface area contributed by atoms with Crippen LogP contribution in [0.5, 0.6) is 5.75 Å². The molecule has 2 aliphatic rings. The maximum absolute atomic E-state index is 13.1. The Kier molecular flexibility index (Phi) is 6.01. The van der Waals surface area contributed by atoms with Gasteiger partial charge in [0.25, 0.3) is 5.91 Å². The standard InChI is InChI=1S/C25H31N3O3/c1-25(2,3)20-9-10-22-21(15-20)28(24(30)18-31-22)17-23(29)27-13-11-26(12-14-27)16-19-7-5-4-6-8-19/h4-10,15H,11-14,16-18H2,1-3H3/p+1. The predicted molar refractivity (Wildman–Crippen MR) is 120 cm³/mol. The number of carbonyl (C=O) groups is 2. The van der Waals surface area contributed by atoms with E-state index in [4.69, 9.17) is 4.74 Å². The van der Waals surface area contributed by atoms with Gasteiger partial charge in [-0.1, -0.05) is 57.2 Å². The number of quaternary nitrogens is 1. The van der Waals surface area contributed by atoms with Crippen molar-refractivity contribution in [1.29, 1.82) is 0 Å². The van der Waals surface area contributed by atoms with Gasteiger partial charge in [-0.3, -0.25) is 14.5 Å². The summed E-state index contributed by atoms with van der Waals surface area (Å²) in [6.45, 7) is 10.7. The van der Waals surface area contributed by atoms with Gasteiger partial charge in [0.05, 0.1) is 31.9 Å². The van der Waals surface area contributed by atoms with Gasteiger partial charge in [0.1, 0.15) is 18.8 Å². The van der Waals surface area contributed by atoms with Crippen LogP contribution in [0, 0.1) is 0 Å². The second-order valence-corrected chi connectivity index (χ2v) is 9.49. The third kappa shape index (κ3) is 4.90. The van der Waals surface area contributed by atoms with Crippen molar-refractivity contribution in [2.24, 2.45) is 0 Å². The Balaban J connectivity index is 1.40. The molecule has 6 heteroatoms. The highest BCUT2D eigenvalue weighted by Gasteiger charge is 2.31. The first kappa shape index (κ1) is 21.4. The Hall–Kier alpha value is -2.86. The van der Waals surface area contributed by atoms with Crippen LogP contribution in [0.25, 0.3) is 0 Å². The predicted octanol–water partition coefficient (Wildman–Crippen LogP) is 1.64. The van der Waals surface area contributed by atoms with Crippen LogP contribution >= 0.6 is 0 Å². The maximum Gasteiger partial charge on any atom is 0.265 e. The summed E-state index contributed by atoms with van der Waals surface area (Å²) in [7, 11) is 0. The smallest absolute Gasteiger partial charge is 0.265 e. The molecule has 2 amide bonds. The van der Waals surface area contributed by atoms with Crippen molar-refractivity contribution in [2.45, 2.75) is 32.7 Å². The molecule has 1 fully saturated rings. The molecule has 0 aliphatic carbocycles. The van der Waals surface area contributed by atoms with E-state index in [1.807, 2.05) is 29.2 Å². The molecule has 0 bridgehead atoms. The fraction of sp³-hybridized carbons (Fsp3) is 0.440. The second kappa shape index (κ2) is 8.71. The molecule has 2 aromatic rings. The van der Waals surface area contributed by atoms with Crippen LogP contribution in [-0.4, -0.2) is 56.0 Å². The summed E-state index contributed by atoms with van der Waals surface area (Å²) in [4.78, 5) is 30.6. The lowest BCUT2D eigenvalue weighted by atomic mass is 9.86. The maximum atomic E-state index is 13.1. The summed E-state index contributed by atoms with van der Waals surface area (Å²) in [5.41, 5.74) is 3.08. The van der Waals surface area contributed by atoms with Crippen molar-refractivity contribution in [1.82, 2.24) is 4.90 Å². The Morgan fingerprint density at radius 1 is 1.06 bits per heavy atom. The molecular weight excluding hydrogens is 390 g/mol. The molecule has 0 aromatic heterocycles. The van der Waals surface area contributed by atoms with E-state index in [1.54, 1.807) is 4.90 Å². The number of rotatable bonds is 4. The highest BCUT2D eigenvalue weighted by Crippen LogP contribution is 2.36. The topological polar surface area (TPSA) is 54.3 Å². The number of piperazine rings is 1. The fourth-order valence-electron chi connectivity index (χ4n) is 4.21. The first-order valence-corrected chi connectivity index (χ1v) is 11.0. The molecule has 0 saturated carbocycles. The molecule has 0 atom stereocenters. The van der Waals surface area contributed by atoms with Crippen molar-refractivity contribution in [3.8, 4) is 5.75 Å². The normalized spacial score (nSPS) is 17.3. The fourth-order valence-corrected chi connectivity index (χ4v) is 4.21. The molecular formula is C25H32N3O3+. The first-order valence-electron chi connectivity index (χ1n) is 11.0. The number of amides is 2. The van der Waals surface area contributed by atoms with Crippen LogP contribution in [0.15, 0.2) is 48.5 Å². The first-order chi connectivity index (χ1) is 14.8. The third-order valence-electron chi connectivity index (χ3n) is 6.18. The molecule has 0 spiro atoms. The molecule has 164 valence electrons. The Bertz CT molecular complexity index is 944. The van der Waals surface area contributed by atoms with E-state index < -0.39 is 0 Å². The van der Waals surface area contributed by atoms with Gasteiger partial charge in [-0.05, 0) is 23.1 Å². The summed E-state index contributed by atoms with van der Waals surface area (Å²) in [6.07, 6.45) is 0. The van der Waals surface area contributed by atoms with Crippen LogP contribution < -0.4 is 14.5 Å². The Morgan fingerprint density at radius 2 is 1.77 bits per heavy atom. The zero-order chi connectivity index (χ0) is 22.0. The Labute approximate surface area is 184 Å². The number of ether oxygens (including phenoxy) is 1. The average Bonchev–Trinajstić information content (AvgIpc) is 2.76. The van der Waals surface area contributed by atoms with E-state index in [0.717, 1.165) is 25.2 Å². The highest BCUT2D eigenvalue weighted by atomic mass is 16.5. The van der Waals surface area contributed by atoms with E-state index in [1.165, 1.54) is 10.5 Å². The van der Waals surface area contributed by atoms with E-state index in [2.05, 4.69) is 45.0 Å². The van der Waals surface area contributed by atoms with Gasteiger partial charge >= 0.3 is 0 Å². The third-order valence-corrected chi connectivity index (χ3v) is 6.18. The lowest BCUT2D eigenvalue weighted by Crippen LogP contribution is -3.13. The zero-order valence-electron chi connectivity index (χ0n) is 18.7. The molecule has 1 saturated heterocycles. The van der Waals surface area contributed by atoms with Gasteiger partial charge < -0.3 is 14.5 Å². The molecule has 31 heavy (non-hydrogen) atoms. The molecule has 4 rings (SSSR count). The van der Waals surface area contributed by atoms with Crippen LogP contribution in [0.4, 0.5) is 5.69 Å². The van der Waals surface area contributed by atoms with Crippen LogP contribution in [0.1, 0.15) is 31.9 Å². The number of nitrogens with one attached hydrogen (secondary N) is 1. The molecule has 2 heterocycles. The average molecular weight is 423 g/mol. The van der Waals surface area contributed by atoms with Crippen LogP contribution in [-0.2, 0) is 21.5 Å². The number of hydrogen-bond acceptors (Lipinski definition) is 3. The minimum absolute atomic E-state index is 0.00104. The second-order valence-electron chi connectivity index (χ2n) is 9.49. The number of fused-ring (bicyclic) bond motifs is 1. The lowest BCUT2D eigenvalue weighted by molar-refractivity contribution is -0.917. The van der Waals surface area contributed by atoms with Gasteiger partial charge in [0, 0.05) is 5.56 Å². The summed E-state index contributed by atoms with van der Waals surface area (Å²) in [5.74, 6) is 0.499. The van der Waals surface area contributed by atoms with Gasteiger partial charge in [0.15, 0.2) is 6.61 Å². The lowest BCUT2D eigenvalue weighted by Gasteiger charge is -2.35. The number of anilines is 1. The summed E-state index contributed by atoms with van der Waals surface area (Å²) >= 11 is 0. The number of carbonyl (C=O) groups excluding carboxylic acids is 2. The quantitative estimate of drug-likeness (QED) is 0.815. The number of benzene rings is 2. The Morgan fingerprint density at radius 3 is 2.45 bits per heavy atom. The minimum Gasteiger partial charge on any atom is -0.482 e. The van der Waals surface area contributed by atoms with Crippen molar-refractivity contribution < 1.29 is 19.2 Å². The van der Waals surface area contributed by atoms with Crippen molar-refractivity contribution in [3.05, 3.63) is 59.7 Å². The van der Waals surface area contributed by atoms with Gasteiger partial charge in [-0.25, -0.2) is 0 Å². The van der Waals surface area contributed by atoms with Crippen molar-refractivity contribution >= 4 is 17.5 Å². The summed E-state index contributed by atoms with van der Waals surface area (Å²) in [6, 6.07) is 16.4. The molecule has 2 aromatic carbocycles. The molecule has 2 aliphatic heterocycles. The van der Waals surface area contributed by atoms with Crippen LogP contribution in [0.3, 0.4) is 0 Å². The van der Waals surface area contributed by atoms with Crippen molar-refractivity contribution in [3.63, 3.8) is 0 Å². The number of hydrogen-bond donors (Lipinski definition) is 1. The molecule has 0 unspecified atom stereocenters. The minimum atomic E-state index is -0.166. The zero-order valence-corrected chi connectivity index (χ0v) is 18.7. The van der Waals surface area contributed by atoms with Crippen LogP contribution in [0.2, 0.25) is 0 Å². The van der Waals surface area contributed by atoms with Gasteiger partial charge in [-0.2, -0.15) is 0 Å². The SMILES string of the molecule is CC(C)(C)c1ccc2c(c1)N(CC(=O)N1CC[NH+](Cc3ccccc3)CC1)C(=O)CO2. The number of nitrogens with zero attached hydrogens (tertiary/aromatic N) is 2. The van der Waals surface area contributed by atoms with E-state index >= 15 is 0 Å². The molecule has 0 radical (unpaired) electrons. The van der Waals surface area contributed by atoms with Crippen molar-refractivity contribution in [2.75, 3.05) is 44.2 Å². The summed E-state index contributed by atoms with van der Waals surface area (Å²) in [5, 5.41) is 0. The largest absolute Gasteiger partial charge is 0.482 e.